The van der Waals surface area contributed by atoms with Gasteiger partial charge in [0.25, 0.3) is 0 Å². The van der Waals surface area contributed by atoms with Crippen molar-refractivity contribution in [3.63, 3.8) is 0 Å². The number of hydrogen-bond acceptors (Lipinski definition) is 5. The van der Waals surface area contributed by atoms with Crippen LogP contribution in [0.5, 0.6) is 0 Å². The van der Waals surface area contributed by atoms with Gasteiger partial charge in [0.1, 0.15) is 5.56 Å². The number of carbonyl (C=O) groups excluding carboxylic acids is 1. The quantitative estimate of drug-likeness (QED) is 0.817. The number of alkyl halides is 3. The summed E-state index contributed by atoms with van der Waals surface area (Å²) in [7, 11) is 0. The third kappa shape index (κ3) is 3.94. The number of hydrogen-bond donors (Lipinski definition) is 2. The lowest BCUT2D eigenvalue weighted by molar-refractivity contribution is -0.137. The van der Waals surface area contributed by atoms with Crippen LogP contribution in [0, 0.1) is 0 Å². The van der Waals surface area contributed by atoms with Crippen LogP contribution in [0.25, 0.3) is 10.9 Å². The Morgan fingerprint density at radius 1 is 1.42 bits per heavy atom. The fourth-order valence-corrected chi connectivity index (χ4v) is 2.17. The van der Waals surface area contributed by atoms with E-state index in [2.05, 4.69) is 10.3 Å². The molecule has 2 aromatic rings. The van der Waals surface area contributed by atoms with Crippen LogP contribution in [-0.2, 0) is 10.9 Å². The number of aliphatic hydroxyl groups excluding tert-OH is 1. The molecule has 2 N–H and O–H groups in total. The third-order valence-corrected chi connectivity index (χ3v) is 3.27. The molecule has 0 saturated carbocycles. The summed E-state index contributed by atoms with van der Waals surface area (Å²) in [5.74, 6) is -0.639. The van der Waals surface area contributed by atoms with Crippen molar-refractivity contribution >= 4 is 22.6 Å². The number of pyridine rings is 1. The lowest BCUT2D eigenvalue weighted by Crippen LogP contribution is -2.18. The summed E-state index contributed by atoms with van der Waals surface area (Å²) in [5, 5.41) is 12.6. The second-order valence-electron chi connectivity index (χ2n) is 5.23. The van der Waals surface area contributed by atoms with Crippen LogP contribution < -0.4 is 5.32 Å². The minimum Gasteiger partial charge on any atom is -0.462 e. The van der Waals surface area contributed by atoms with Crippen molar-refractivity contribution < 1.29 is 27.8 Å². The number of benzene rings is 1. The average molecular weight is 342 g/mol. The molecule has 1 aromatic carbocycles. The summed E-state index contributed by atoms with van der Waals surface area (Å²) in [4.78, 5) is 16.0. The molecule has 0 spiro atoms. The number of aromatic nitrogens is 1. The highest BCUT2D eigenvalue weighted by molar-refractivity contribution is 6.05. The van der Waals surface area contributed by atoms with Gasteiger partial charge < -0.3 is 15.2 Å². The Morgan fingerprint density at radius 3 is 2.71 bits per heavy atom. The first kappa shape index (κ1) is 18.0. The van der Waals surface area contributed by atoms with E-state index in [-0.39, 0.29) is 29.9 Å². The Kier molecular flexibility index (Phi) is 5.28. The molecule has 8 heteroatoms. The first-order valence-electron chi connectivity index (χ1n) is 7.33. The van der Waals surface area contributed by atoms with Crippen LogP contribution in [-0.4, -0.2) is 35.3 Å². The Balaban J connectivity index is 2.58. The second kappa shape index (κ2) is 7.04. The minimum atomic E-state index is -4.48. The van der Waals surface area contributed by atoms with E-state index in [1.165, 1.54) is 12.3 Å². The van der Waals surface area contributed by atoms with Crippen LogP contribution >= 0.6 is 0 Å². The van der Waals surface area contributed by atoms with E-state index in [0.29, 0.717) is 5.39 Å². The van der Waals surface area contributed by atoms with Crippen molar-refractivity contribution in [2.24, 2.45) is 0 Å². The van der Waals surface area contributed by atoms with Gasteiger partial charge in [-0.25, -0.2) is 4.79 Å². The van der Waals surface area contributed by atoms with Gasteiger partial charge in [-0.3, -0.25) is 4.98 Å². The topological polar surface area (TPSA) is 71.5 Å². The molecule has 0 aliphatic heterocycles. The zero-order valence-electron chi connectivity index (χ0n) is 13.1. The molecule has 0 fully saturated rings. The fourth-order valence-electron chi connectivity index (χ4n) is 2.17. The maximum Gasteiger partial charge on any atom is 0.416 e. The van der Waals surface area contributed by atoms with Crippen molar-refractivity contribution in [3.8, 4) is 0 Å². The molecular formula is C16H17F3N2O3. The van der Waals surface area contributed by atoms with E-state index >= 15 is 0 Å². The largest absolute Gasteiger partial charge is 0.462 e. The fraction of sp³-hybridized carbons (Fsp3) is 0.375. The summed E-state index contributed by atoms with van der Waals surface area (Å²) >= 11 is 0. The van der Waals surface area contributed by atoms with Gasteiger partial charge >= 0.3 is 12.1 Å². The molecule has 0 bridgehead atoms. The minimum absolute atomic E-state index is 0.0889. The third-order valence-electron chi connectivity index (χ3n) is 3.27. The highest BCUT2D eigenvalue weighted by Crippen LogP contribution is 2.34. The molecule has 1 atom stereocenters. The van der Waals surface area contributed by atoms with E-state index in [1.807, 2.05) is 0 Å². The van der Waals surface area contributed by atoms with Crippen molar-refractivity contribution in [1.29, 1.82) is 0 Å². The van der Waals surface area contributed by atoms with Crippen molar-refractivity contribution in [2.45, 2.75) is 26.1 Å². The maximum absolute atomic E-state index is 12.8. The SMILES string of the molecule is CCOC(=O)c1cnc2cc(C(F)(F)F)ccc2c1NCC(C)O. The summed E-state index contributed by atoms with van der Waals surface area (Å²) in [6.07, 6.45) is -4.02. The van der Waals surface area contributed by atoms with E-state index in [9.17, 15) is 23.1 Å². The molecule has 0 saturated heterocycles. The predicted molar refractivity (Wildman–Crippen MR) is 82.9 cm³/mol. The van der Waals surface area contributed by atoms with Crippen LogP contribution in [0.4, 0.5) is 18.9 Å². The number of halogens is 3. The Hall–Kier alpha value is -2.35. The normalized spacial score (nSPS) is 12.9. The number of fused-ring (bicyclic) bond motifs is 1. The lowest BCUT2D eigenvalue weighted by Gasteiger charge is -2.16. The zero-order valence-corrected chi connectivity index (χ0v) is 13.1. The number of rotatable bonds is 5. The van der Waals surface area contributed by atoms with Gasteiger partial charge in [-0.2, -0.15) is 13.2 Å². The van der Waals surface area contributed by atoms with Crippen LogP contribution in [0.15, 0.2) is 24.4 Å². The molecule has 0 amide bonds. The lowest BCUT2D eigenvalue weighted by atomic mass is 10.1. The Bertz CT molecular complexity index is 745. The van der Waals surface area contributed by atoms with Gasteiger partial charge in [0.05, 0.1) is 29.5 Å². The van der Waals surface area contributed by atoms with Crippen molar-refractivity contribution in [2.75, 3.05) is 18.5 Å². The van der Waals surface area contributed by atoms with Gasteiger partial charge in [0.2, 0.25) is 0 Å². The van der Waals surface area contributed by atoms with E-state index in [1.54, 1.807) is 13.8 Å². The molecule has 1 aromatic heterocycles. The number of nitrogens with one attached hydrogen (secondary N) is 1. The smallest absolute Gasteiger partial charge is 0.416 e. The average Bonchev–Trinajstić information content (AvgIpc) is 2.51. The van der Waals surface area contributed by atoms with Gasteiger partial charge in [-0.05, 0) is 26.0 Å². The second-order valence-corrected chi connectivity index (χ2v) is 5.23. The number of aliphatic hydroxyl groups is 1. The highest BCUT2D eigenvalue weighted by Gasteiger charge is 2.31. The standard InChI is InChI=1S/C16H17F3N2O3/c1-3-24-15(23)12-8-20-13-6-10(16(17,18)19)4-5-11(13)14(12)21-7-9(2)22/h4-6,8-9,22H,3,7H2,1-2H3,(H,20,21). The first-order valence-corrected chi connectivity index (χ1v) is 7.33. The summed E-state index contributed by atoms with van der Waals surface area (Å²) in [5.41, 5.74) is -0.350. The predicted octanol–water partition coefficient (Wildman–Crippen LogP) is 3.22. The molecule has 24 heavy (non-hydrogen) atoms. The van der Waals surface area contributed by atoms with Gasteiger partial charge in [-0.15, -0.1) is 0 Å². The molecular weight excluding hydrogens is 325 g/mol. The summed E-state index contributed by atoms with van der Waals surface area (Å²) in [6, 6.07) is 3.09. The summed E-state index contributed by atoms with van der Waals surface area (Å²) in [6.45, 7) is 3.46. The van der Waals surface area contributed by atoms with Crippen molar-refractivity contribution in [1.82, 2.24) is 4.98 Å². The summed E-state index contributed by atoms with van der Waals surface area (Å²) < 4.78 is 43.4. The highest BCUT2D eigenvalue weighted by atomic mass is 19.4. The molecule has 5 nitrogen and oxygen atoms in total. The van der Waals surface area contributed by atoms with E-state index < -0.39 is 23.8 Å². The number of anilines is 1. The molecule has 130 valence electrons. The van der Waals surface area contributed by atoms with Crippen LogP contribution in [0.3, 0.4) is 0 Å². The van der Waals surface area contributed by atoms with E-state index in [4.69, 9.17) is 4.74 Å². The molecule has 0 aliphatic rings. The van der Waals surface area contributed by atoms with Crippen LogP contribution in [0.2, 0.25) is 0 Å². The maximum atomic E-state index is 12.8. The Labute approximate surface area is 136 Å². The van der Waals surface area contributed by atoms with Gasteiger partial charge in [0, 0.05) is 18.1 Å². The molecule has 0 aliphatic carbocycles. The zero-order chi connectivity index (χ0) is 17.9. The van der Waals surface area contributed by atoms with Gasteiger partial charge in [0.15, 0.2) is 0 Å². The first-order chi connectivity index (χ1) is 11.2. The number of nitrogens with zero attached hydrogens (tertiary/aromatic N) is 1. The molecule has 1 unspecified atom stereocenters. The molecule has 2 rings (SSSR count). The monoisotopic (exact) mass is 342 g/mol. The molecule has 1 heterocycles. The number of esters is 1. The number of ether oxygens (including phenoxy) is 1. The van der Waals surface area contributed by atoms with E-state index in [0.717, 1.165) is 12.1 Å². The van der Waals surface area contributed by atoms with Crippen molar-refractivity contribution in [3.05, 3.63) is 35.5 Å². The van der Waals surface area contributed by atoms with Gasteiger partial charge in [-0.1, -0.05) is 6.07 Å². The molecule has 0 radical (unpaired) electrons. The number of carbonyl (C=O) groups is 1. The van der Waals surface area contributed by atoms with Crippen LogP contribution in [0.1, 0.15) is 29.8 Å². The Morgan fingerprint density at radius 2 is 2.12 bits per heavy atom.